The van der Waals surface area contributed by atoms with Gasteiger partial charge in [0.05, 0.1) is 22.3 Å². The van der Waals surface area contributed by atoms with Crippen LogP contribution in [-0.2, 0) is 0 Å². The predicted octanol–water partition coefficient (Wildman–Crippen LogP) is 5.11. The number of thioether (sulfide) groups is 1. The Balaban J connectivity index is 1.61. The number of halogens is 2. The largest absolute Gasteiger partial charge is 0.368 e. The summed E-state index contributed by atoms with van der Waals surface area (Å²) in [5, 5.41) is 4.67. The van der Waals surface area contributed by atoms with E-state index in [4.69, 9.17) is 28.9 Å². The van der Waals surface area contributed by atoms with Crippen molar-refractivity contribution in [2.24, 2.45) is 15.7 Å². The molecule has 1 aliphatic heterocycles. The Bertz CT molecular complexity index is 1170. The van der Waals surface area contributed by atoms with Crippen LogP contribution in [0.5, 0.6) is 0 Å². The number of hydrogen-bond donors (Lipinski definition) is 2. The average Bonchev–Trinajstić information content (AvgIpc) is 2.99. The van der Waals surface area contributed by atoms with E-state index in [-0.39, 0.29) is 5.96 Å². The minimum atomic E-state index is 0.229. The van der Waals surface area contributed by atoms with Crippen LogP contribution >= 0.6 is 35.0 Å². The minimum absolute atomic E-state index is 0.229. The Labute approximate surface area is 200 Å². The van der Waals surface area contributed by atoms with Gasteiger partial charge in [0.1, 0.15) is 0 Å². The molecular weight excluding hydrogens is 463 g/mol. The van der Waals surface area contributed by atoms with Gasteiger partial charge in [-0.1, -0.05) is 41.0 Å². The van der Waals surface area contributed by atoms with Gasteiger partial charge in [-0.05, 0) is 49.3 Å². The van der Waals surface area contributed by atoms with Crippen molar-refractivity contribution in [2.45, 2.75) is 17.7 Å². The molecule has 2 aliphatic rings. The van der Waals surface area contributed by atoms with E-state index in [1.165, 1.54) is 11.8 Å². The van der Waals surface area contributed by atoms with Gasteiger partial charge in [0.2, 0.25) is 5.96 Å². The predicted molar refractivity (Wildman–Crippen MR) is 133 cm³/mol. The summed E-state index contributed by atoms with van der Waals surface area (Å²) < 4.78 is 0. The molecule has 32 heavy (non-hydrogen) atoms. The van der Waals surface area contributed by atoms with Crippen molar-refractivity contribution in [2.75, 3.05) is 6.54 Å². The normalized spacial score (nSPS) is 22.6. The van der Waals surface area contributed by atoms with Gasteiger partial charge in [-0.15, -0.1) is 0 Å². The Hall–Kier alpha value is -2.87. The summed E-state index contributed by atoms with van der Waals surface area (Å²) in [6, 6.07) is 7.64. The summed E-state index contributed by atoms with van der Waals surface area (Å²) in [4.78, 5) is 18.8. The number of nitrogens with two attached hydrogens (primary N) is 1. The second-order valence-electron chi connectivity index (χ2n) is 6.93. The standard InChI is InChI=1S/C23H20Cl2N6S/c24-19-5-1-4-16(11-20(25)22(19)32-18-6-9-27-10-7-18)30-17-12-21(31-23(26)29-14-17)15-3-2-8-28-13-15/h2-3,5-13,30H,1,4,14H2,(H2,26,29)/b16-11+,19-5+,22-20-. The molecule has 0 unspecified atom stereocenters. The first-order valence-corrected chi connectivity index (χ1v) is 11.5. The van der Waals surface area contributed by atoms with Crippen LogP contribution in [0.15, 0.2) is 109 Å². The van der Waals surface area contributed by atoms with E-state index in [1.54, 1.807) is 24.8 Å². The van der Waals surface area contributed by atoms with Gasteiger partial charge in [-0.2, -0.15) is 0 Å². The summed E-state index contributed by atoms with van der Waals surface area (Å²) >= 11 is 14.7. The molecule has 6 nitrogen and oxygen atoms in total. The Morgan fingerprint density at radius 1 is 1.00 bits per heavy atom. The van der Waals surface area contributed by atoms with Crippen LogP contribution in [0.3, 0.4) is 0 Å². The summed E-state index contributed by atoms with van der Waals surface area (Å²) in [5.74, 6) is 0.229. The van der Waals surface area contributed by atoms with Crippen LogP contribution in [-0.4, -0.2) is 28.2 Å². The lowest BCUT2D eigenvalue weighted by molar-refractivity contribution is 0.826. The van der Waals surface area contributed by atoms with Gasteiger partial charge in [0.25, 0.3) is 0 Å². The molecule has 162 valence electrons. The van der Waals surface area contributed by atoms with Crippen molar-refractivity contribution >= 4 is 46.6 Å². The molecule has 2 aromatic rings. The Morgan fingerprint density at radius 2 is 1.84 bits per heavy atom. The van der Waals surface area contributed by atoms with E-state index in [0.717, 1.165) is 39.6 Å². The number of aromatic nitrogens is 2. The Morgan fingerprint density at radius 3 is 2.62 bits per heavy atom. The van der Waals surface area contributed by atoms with E-state index in [0.29, 0.717) is 22.3 Å². The van der Waals surface area contributed by atoms with E-state index in [1.807, 2.05) is 42.5 Å². The number of nitrogens with zero attached hydrogens (tertiary/aromatic N) is 4. The second-order valence-corrected chi connectivity index (χ2v) is 8.83. The van der Waals surface area contributed by atoms with Crippen LogP contribution in [0.2, 0.25) is 0 Å². The van der Waals surface area contributed by atoms with Crippen molar-refractivity contribution in [3.8, 4) is 0 Å². The molecule has 0 amide bonds. The number of pyridine rings is 2. The third kappa shape index (κ3) is 5.88. The fraction of sp³-hybridized carbons (Fsp3) is 0.130. The molecule has 0 bridgehead atoms. The number of guanidine groups is 1. The number of allylic oxidation sites excluding steroid dienone is 6. The number of rotatable bonds is 5. The molecule has 1 aliphatic carbocycles. The van der Waals surface area contributed by atoms with Crippen molar-refractivity contribution in [3.63, 3.8) is 0 Å². The molecule has 3 heterocycles. The van der Waals surface area contributed by atoms with E-state index in [9.17, 15) is 0 Å². The third-order valence-corrected chi connectivity index (χ3v) is 6.59. The van der Waals surface area contributed by atoms with Gasteiger partial charge < -0.3 is 11.1 Å². The summed E-state index contributed by atoms with van der Waals surface area (Å²) in [6.07, 6.45) is 14.3. The van der Waals surface area contributed by atoms with Crippen LogP contribution in [0, 0.1) is 0 Å². The van der Waals surface area contributed by atoms with Gasteiger partial charge in [0, 0.05) is 51.5 Å². The summed E-state index contributed by atoms with van der Waals surface area (Å²) in [7, 11) is 0. The maximum atomic E-state index is 6.70. The highest BCUT2D eigenvalue weighted by atomic mass is 35.5. The first-order chi connectivity index (χ1) is 15.6. The van der Waals surface area contributed by atoms with Crippen molar-refractivity contribution < 1.29 is 0 Å². The van der Waals surface area contributed by atoms with Crippen LogP contribution in [0.25, 0.3) is 0 Å². The second kappa shape index (κ2) is 10.6. The molecule has 0 aromatic carbocycles. The SMILES string of the molecule is NC1=NCC(N/C2=C/C(Cl)=C(Sc3ccncc3)\C(Cl)=C/CC2)=CC(c2cccnc2)=N1. The fourth-order valence-electron chi connectivity index (χ4n) is 3.08. The summed E-state index contributed by atoms with van der Waals surface area (Å²) in [5.41, 5.74) is 9.32. The van der Waals surface area contributed by atoms with E-state index >= 15 is 0 Å². The fourth-order valence-corrected chi connectivity index (χ4v) is 4.64. The molecule has 3 N–H and O–H groups in total. The zero-order valence-corrected chi connectivity index (χ0v) is 19.3. The van der Waals surface area contributed by atoms with Crippen molar-refractivity contribution in [3.05, 3.63) is 99.2 Å². The quantitative estimate of drug-likeness (QED) is 0.617. The highest BCUT2D eigenvalue weighted by Crippen LogP contribution is 2.39. The van der Waals surface area contributed by atoms with Crippen LogP contribution < -0.4 is 11.1 Å². The lowest BCUT2D eigenvalue weighted by Gasteiger charge is -2.16. The Kier molecular flexibility index (Phi) is 7.42. The molecule has 0 saturated heterocycles. The highest BCUT2D eigenvalue weighted by molar-refractivity contribution is 8.03. The summed E-state index contributed by atoms with van der Waals surface area (Å²) in [6.45, 7) is 0.382. The molecule has 2 aromatic heterocycles. The molecule has 9 heteroatoms. The molecule has 0 saturated carbocycles. The maximum Gasteiger partial charge on any atom is 0.216 e. The number of hydrogen-bond acceptors (Lipinski definition) is 7. The van der Waals surface area contributed by atoms with Gasteiger partial charge in [0.15, 0.2) is 0 Å². The van der Waals surface area contributed by atoms with E-state index in [2.05, 4.69) is 25.3 Å². The van der Waals surface area contributed by atoms with Gasteiger partial charge >= 0.3 is 0 Å². The minimum Gasteiger partial charge on any atom is -0.368 e. The average molecular weight is 483 g/mol. The first kappa shape index (κ1) is 22.3. The zero-order chi connectivity index (χ0) is 22.3. The molecule has 0 atom stereocenters. The maximum absolute atomic E-state index is 6.70. The van der Waals surface area contributed by atoms with Crippen LogP contribution in [0.4, 0.5) is 0 Å². The molecular formula is C23H20Cl2N6S. The van der Waals surface area contributed by atoms with Gasteiger partial charge in [-0.3, -0.25) is 9.97 Å². The molecule has 4 rings (SSSR count). The highest BCUT2D eigenvalue weighted by Gasteiger charge is 2.15. The third-order valence-electron chi connectivity index (χ3n) is 4.58. The number of aliphatic imine (C=N–C) groups is 2. The van der Waals surface area contributed by atoms with Crippen LogP contribution in [0.1, 0.15) is 18.4 Å². The van der Waals surface area contributed by atoms with Crippen molar-refractivity contribution in [1.29, 1.82) is 0 Å². The molecule has 0 fully saturated rings. The van der Waals surface area contributed by atoms with Gasteiger partial charge in [-0.25, -0.2) is 9.98 Å². The monoisotopic (exact) mass is 482 g/mol. The van der Waals surface area contributed by atoms with Crippen molar-refractivity contribution in [1.82, 2.24) is 15.3 Å². The first-order valence-electron chi connectivity index (χ1n) is 9.89. The molecule has 0 radical (unpaired) electrons. The lowest BCUT2D eigenvalue weighted by atomic mass is 10.1. The lowest BCUT2D eigenvalue weighted by Crippen LogP contribution is -2.17. The smallest absolute Gasteiger partial charge is 0.216 e. The molecule has 0 spiro atoms. The van der Waals surface area contributed by atoms with E-state index < -0.39 is 0 Å². The topological polar surface area (TPSA) is 88.5 Å². The zero-order valence-electron chi connectivity index (χ0n) is 17.0. The number of nitrogens with one attached hydrogen (secondary N) is 1.